The van der Waals surface area contributed by atoms with Gasteiger partial charge in [-0.15, -0.1) is 0 Å². The second-order valence-electron chi connectivity index (χ2n) is 6.36. The van der Waals surface area contributed by atoms with E-state index in [1.54, 1.807) is 0 Å². The molecule has 1 aliphatic rings. The van der Waals surface area contributed by atoms with Gasteiger partial charge < -0.3 is 10.0 Å². The lowest BCUT2D eigenvalue weighted by Gasteiger charge is -2.23. The molecule has 0 bridgehead atoms. The number of carboxylic acid groups (broad SMARTS) is 1. The maximum absolute atomic E-state index is 13.0. The third kappa shape index (κ3) is 4.54. The first kappa shape index (κ1) is 19.1. The monoisotopic (exact) mass is 393 g/mol. The summed E-state index contributed by atoms with van der Waals surface area (Å²) in [5.41, 5.74) is -0.0218. The molecule has 7 nitrogen and oxygen atoms in total. The summed E-state index contributed by atoms with van der Waals surface area (Å²) < 4.78 is 40.1. The van der Waals surface area contributed by atoms with Gasteiger partial charge in [-0.2, -0.15) is 0 Å². The number of nitrogens with zero attached hydrogens (tertiary/aromatic N) is 2. The molecule has 27 heavy (non-hydrogen) atoms. The van der Waals surface area contributed by atoms with E-state index in [4.69, 9.17) is 0 Å². The molecule has 0 atom stereocenters. The van der Waals surface area contributed by atoms with Crippen LogP contribution >= 0.6 is 0 Å². The van der Waals surface area contributed by atoms with Gasteiger partial charge in [0.1, 0.15) is 17.2 Å². The minimum absolute atomic E-state index is 0.0373. The van der Waals surface area contributed by atoms with Crippen molar-refractivity contribution in [1.82, 2.24) is 4.98 Å². The van der Waals surface area contributed by atoms with Gasteiger partial charge in [0.2, 0.25) is 0 Å². The van der Waals surface area contributed by atoms with Crippen molar-refractivity contribution in [3.8, 4) is 0 Å². The molecule has 0 spiro atoms. The molecule has 0 unspecified atom stereocenters. The molecule has 1 aromatic carbocycles. The van der Waals surface area contributed by atoms with Crippen LogP contribution in [0.25, 0.3) is 0 Å². The summed E-state index contributed by atoms with van der Waals surface area (Å²) >= 11 is 0. The number of carbonyl (C=O) groups is 1. The van der Waals surface area contributed by atoms with Crippen LogP contribution < -0.4 is 9.62 Å². The standard InChI is InChI=1S/C18H20FN3O4S/c19-13-5-7-15(8-6-13)27(25,26)21-14-11-16(18(23)24)17(20-12-14)22-9-3-1-2-4-10-22/h5-8,11-12,21H,1-4,9-10H2,(H,23,24). The molecule has 2 aromatic rings. The summed E-state index contributed by atoms with van der Waals surface area (Å²) in [5, 5.41) is 9.55. The molecular weight excluding hydrogens is 373 g/mol. The highest BCUT2D eigenvalue weighted by Crippen LogP contribution is 2.25. The van der Waals surface area contributed by atoms with Crippen LogP contribution in [0.1, 0.15) is 36.0 Å². The number of nitrogens with one attached hydrogen (secondary N) is 1. The fraction of sp³-hybridized carbons (Fsp3) is 0.333. The summed E-state index contributed by atoms with van der Waals surface area (Å²) in [7, 11) is -3.98. The number of hydrogen-bond acceptors (Lipinski definition) is 5. The molecule has 0 aliphatic carbocycles. The van der Waals surface area contributed by atoms with Gasteiger partial charge in [-0.25, -0.2) is 22.6 Å². The van der Waals surface area contributed by atoms with Crippen molar-refractivity contribution >= 4 is 27.5 Å². The lowest BCUT2D eigenvalue weighted by molar-refractivity contribution is 0.0697. The Morgan fingerprint density at radius 3 is 2.33 bits per heavy atom. The van der Waals surface area contributed by atoms with E-state index in [2.05, 4.69) is 9.71 Å². The Bertz CT molecular complexity index is 924. The van der Waals surface area contributed by atoms with E-state index in [9.17, 15) is 22.7 Å². The zero-order chi connectivity index (χ0) is 19.4. The van der Waals surface area contributed by atoms with Gasteiger partial charge in [-0.3, -0.25) is 4.72 Å². The lowest BCUT2D eigenvalue weighted by Crippen LogP contribution is -2.27. The highest BCUT2D eigenvalue weighted by atomic mass is 32.2. The van der Waals surface area contributed by atoms with E-state index in [0.29, 0.717) is 18.9 Å². The molecule has 1 saturated heterocycles. The normalized spacial score (nSPS) is 15.2. The molecule has 2 N–H and O–H groups in total. The van der Waals surface area contributed by atoms with Crippen LogP contribution in [0.3, 0.4) is 0 Å². The highest BCUT2D eigenvalue weighted by molar-refractivity contribution is 7.92. The zero-order valence-electron chi connectivity index (χ0n) is 14.6. The quantitative estimate of drug-likeness (QED) is 0.810. The van der Waals surface area contributed by atoms with Crippen molar-refractivity contribution < 1.29 is 22.7 Å². The predicted octanol–water partition coefficient (Wildman–Crippen LogP) is 3.10. The Morgan fingerprint density at radius 1 is 1.11 bits per heavy atom. The van der Waals surface area contributed by atoms with Gasteiger partial charge in [-0.05, 0) is 43.2 Å². The topological polar surface area (TPSA) is 99.6 Å². The predicted molar refractivity (Wildman–Crippen MR) is 99.1 cm³/mol. The first-order valence-electron chi connectivity index (χ1n) is 8.63. The SMILES string of the molecule is O=C(O)c1cc(NS(=O)(=O)c2ccc(F)cc2)cnc1N1CCCCCC1. The maximum atomic E-state index is 13.0. The second kappa shape index (κ2) is 7.91. The molecule has 1 aliphatic heterocycles. The molecule has 0 amide bonds. The number of anilines is 2. The van der Waals surface area contributed by atoms with Gasteiger partial charge in [0.15, 0.2) is 0 Å². The molecule has 0 saturated carbocycles. The fourth-order valence-corrected chi connectivity index (χ4v) is 4.07. The van der Waals surface area contributed by atoms with Crippen LogP contribution in [0.2, 0.25) is 0 Å². The van der Waals surface area contributed by atoms with Crippen molar-refractivity contribution in [2.24, 2.45) is 0 Å². The van der Waals surface area contributed by atoms with Crippen LogP contribution in [0, 0.1) is 5.82 Å². The Labute approximate surface area is 156 Å². The summed E-state index contributed by atoms with van der Waals surface area (Å²) in [6, 6.07) is 5.61. The number of rotatable bonds is 5. The molecule has 1 fully saturated rings. The highest BCUT2D eigenvalue weighted by Gasteiger charge is 2.21. The van der Waals surface area contributed by atoms with Gasteiger partial charge in [-0.1, -0.05) is 12.8 Å². The number of pyridine rings is 1. The lowest BCUT2D eigenvalue weighted by atomic mass is 10.2. The van der Waals surface area contributed by atoms with Gasteiger partial charge in [0.25, 0.3) is 10.0 Å². The summed E-state index contributed by atoms with van der Waals surface area (Å²) in [4.78, 5) is 17.7. The molecule has 2 heterocycles. The Balaban J connectivity index is 1.89. The van der Waals surface area contributed by atoms with E-state index in [-0.39, 0.29) is 16.1 Å². The first-order valence-corrected chi connectivity index (χ1v) is 10.1. The number of benzene rings is 1. The van der Waals surface area contributed by atoms with Crippen molar-refractivity contribution in [3.05, 3.63) is 47.9 Å². The van der Waals surface area contributed by atoms with Crippen molar-refractivity contribution in [2.75, 3.05) is 22.7 Å². The van der Waals surface area contributed by atoms with Crippen molar-refractivity contribution in [3.63, 3.8) is 0 Å². The van der Waals surface area contributed by atoms with Crippen molar-refractivity contribution in [1.29, 1.82) is 0 Å². The van der Waals surface area contributed by atoms with E-state index in [1.807, 2.05) is 4.90 Å². The van der Waals surface area contributed by atoms with E-state index in [1.165, 1.54) is 12.3 Å². The number of hydrogen-bond donors (Lipinski definition) is 2. The summed E-state index contributed by atoms with van der Waals surface area (Å²) in [5.74, 6) is -1.38. The Kier molecular flexibility index (Phi) is 5.59. The molecular formula is C18H20FN3O4S. The maximum Gasteiger partial charge on any atom is 0.339 e. The van der Waals surface area contributed by atoms with Crippen LogP contribution in [0.15, 0.2) is 41.4 Å². The van der Waals surface area contributed by atoms with Crippen molar-refractivity contribution in [2.45, 2.75) is 30.6 Å². The number of halogens is 1. The van der Waals surface area contributed by atoms with E-state index in [0.717, 1.165) is 49.9 Å². The number of aromatic nitrogens is 1. The third-order valence-corrected chi connectivity index (χ3v) is 5.78. The van der Waals surface area contributed by atoms with Crippen LogP contribution in [0.4, 0.5) is 15.9 Å². The summed E-state index contributed by atoms with van der Waals surface area (Å²) in [6.07, 6.45) is 5.40. The average Bonchev–Trinajstić information content (AvgIpc) is 2.91. The largest absolute Gasteiger partial charge is 0.478 e. The fourth-order valence-electron chi connectivity index (χ4n) is 3.03. The second-order valence-corrected chi connectivity index (χ2v) is 8.04. The van der Waals surface area contributed by atoms with Gasteiger partial charge >= 0.3 is 5.97 Å². The molecule has 144 valence electrons. The van der Waals surface area contributed by atoms with Crippen LogP contribution in [-0.4, -0.2) is 37.6 Å². The number of aromatic carboxylic acids is 1. The minimum Gasteiger partial charge on any atom is -0.478 e. The van der Waals surface area contributed by atoms with Gasteiger partial charge in [0, 0.05) is 13.1 Å². The smallest absolute Gasteiger partial charge is 0.339 e. The minimum atomic E-state index is -3.98. The molecule has 9 heteroatoms. The Hall–Kier alpha value is -2.68. The van der Waals surface area contributed by atoms with Crippen LogP contribution in [0.5, 0.6) is 0 Å². The number of carboxylic acids is 1. The zero-order valence-corrected chi connectivity index (χ0v) is 15.4. The van der Waals surface area contributed by atoms with Crippen LogP contribution in [-0.2, 0) is 10.0 Å². The number of sulfonamides is 1. The van der Waals surface area contributed by atoms with Gasteiger partial charge in [0.05, 0.1) is 16.8 Å². The Morgan fingerprint density at radius 2 is 1.74 bits per heavy atom. The third-order valence-electron chi connectivity index (χ3n) is 4.38. The molecule has 0 radical (unpaired) electrons. The average molecular weight is 393 g/mol. The first-order chi connectivity index (χ1) is 12.9. The summed E-state index contributed by atoms with van der Waals surface area (Å²) in [6.45, 7) is 1.43. The van der Waals surface area contributed by atoms with E-state index >= 15 is 0 Å². The van der Waals surface area contributed by atoms with E-state index < -0.39 is 21.8 Å². The molecule has 1 aromatic heterocycles. The molecule has 3 rings (SSSR count).